The lowest BCUT2D eigenvalue weighted by Gasteiger charge is -2.15. The van der Waals surface area contributed by atoms with Gasteiger partial charge in [-0.2, -0.15) is 0 Å². The Morgan fingerprint density at radius 2 is 1.06 bits per heavy atom. The molecule has 6 heteroatoms. The quantitative estimate of drug-likeness (QED) is 0.198. The second kappa shape index (κ2) is 10.7. The molecule has 0 saturated heterocycles. The van der Waals surface area contributed by atoms with Crippen molar-refractivity contribution in [2.45, 2.75) is 18.8 Å². The summed E-state index contributed by atoms with van der Waals surface area (Å²) < 4.78 is 0. The van der Waals surface area contributed by atoms with Crippen molar-refractivity contribution < 1.29 is 9.59 Å². The number of hydrogen-bond donors (Lipinski definition) is 0. The van der Waals surface area contributed by atoms with Gasteiger partial charge in [0.15, 0.2) is 11.6 Å². The van der Waals surface area contributed by atoms with Gasteiger partial charge in [-0.25, -0.2) is 0 Å². The van der Waals surface area contributed by atoms with Gasteiger partial charge >= 0.3 is 0 Å². The molecule has 172 valence electrons. The van der Waals surface area contributed by atoms with Gasteiger partial charge in [0.25, 0.3) is 0 Å². The van der Waals surface area contributed by atoms with E-state index >= 15 is 0 Å². The minimum Gasteiger partial charge on any atom is -0.293 e. The van der Waals surface area contributed by atoms with Gasteiger partial charge in [0.05, 0.1) is 9.75 Å². The Bertz CT molecular complexity index is 1340. The van der Waals surface area contributed by atoms with Gasteiger partial charge in [0.2, 0.25) is 0 Å². The number of pyridine rings is 2. The van der Waals surface area contributed by atoms with Crippen LogP contribution in [0.4, 0.5) is 0 Å². The van der Waals surface area contributed by atoms with E-state index in [4.69, 9.17) is 0 Å². The summed E-state index contributed by atoms with van der Waals surface area (Å²) in [7, 11) is 0. The zero-order chi connectivity index (χ0) is 24.0. The molecule has 0 bridgehead atoms. The Morgan fingerprint density at radius 3 is 1.51 bits per heavy atom. The third-order valence-electron chi connectivity index (χ3n) is 5.83. The van der Waals surface area contributed by atoms with Gasteiger partial charge < -0.3 is 0 Å². The Morgan fingerprint density at radius 1 is 0.600 bits per heavy atom. The number of carbonyl (C=O) groups is 2. The lowest BCUT2D eigenvalue weighted by molar-refractivity contribution is 0.0948. The van der Waals surface area contributed by atoms with E-state index in [0.717, 1.165) is 26.4 Å². The van der Waals surface area contributed by atoms with E-state index in [1.807, 2.05) is 78.9 Å². The molecule has 0 radical (unpaired) electrons. The van der Waals surface area contributed by atoms with E-state index in [1.54, 1.807) is 24.8 Å². The first-order valence-corrected chi connectivity index (χ1v) is 12.9. The molecule has 0 aliphatic heterocycles. The fourth-order valence-electron chi connectivity index (χ4n) is 4.00. The van der Waals surface area contributed by atoms with Crippen LogP contribution in [0.5, 0.6) is 0 Å². The van der Waals surface area contributed by atoms with E-state index in [9.17, 15) is 9.59 Å². The number of aromatic nitrogens is 2. The molecular formula is C29H22N2O2S2. The second-order valence-electron chi connectivity index (χ2n) is 8.16. The average molecular weight is 495 g/mol. The van der Waals surface area contributed by atoms with Crippen LogP contribution in [0.1, 0.15) is 43.7 Å². The highest BCUT2D eigenvalue weighted by atomic mass is 32.1. The molecule has 1 aromatic carbocycles. The Kier molecular flexibility index (Phi) is 7.02. The molecule has 0 fully saturated rings. The third-order valence-corrected chi connectivity index (χ3v) is 8.18. The fraction of sp³-hybridized carbons (Fsp3) is 0.103. The van der Waals surface area contributed by atoms with E-state index < -0.39 is 0 Å². The number of carbonyl (C=O) groups excluding carboxylic acids is 2. The Balaban J connectivity index is 1.34. The van der Waals surface area contributed by atoms with E-state index in [1.165, 1.54) is 22.7 Å². The molecule has 0 aliphatic carbocycles. The molecule has 0 aliphatic rings. The van der Waals surface area contributed by atoms with Crippen LogP contribution in [0.25, 0.3) is 20.9 Å². The summed E-state index contributed by atoms with van der Waals surface area (Å²) in [6.07, 6.45) is 7.57. The standard InChI is InChI=1S/C29H22N2O2S2/c32-24(28-8-6-26(34-28)21-10-14-30-15-11-21)18-23(20-4-2-1-3-5-20)19-25(33)29-9-7-27(35-29)22-12-16-31-17-13-22/h1-17,23H,18-19H2. The van der Waals surface area contributed by atoms with Crippen LogP contribution in [0.2, 0.25) is 0 Å². The minimum atomic E-state index is -0.186. The minimum absolute atomic E-state index is 0.0561. The highest BCUT2D eigenvalue weighted by Crippen LogP contribution is 2.34. The molecule has 0 saturated carbocycles. The van der Waals surface area contributed by atoms with Crippen molar-refractivity contribution in [2.75, 3.05) is 0 Å². The van der Waals surface area contributed by atoms with Crippen LogP contribution in [0.3, 0.4) is 0 Å². The Labute approximate surface area is 212 Å². The lowest BCUT2D eigenvalue weighted by atomic mass is 9.88. The predicted molar refractivity (Wildman–Crippen MR) is 142 cm³/mol. The summed E-state index contributed by atoms with van der Waals surface area (Å²) in [6.45, 7) is 0. The molecule has 0 unspecified atom stereocenters. The average Bonchev–Trinajstić information content (AvgIpc) is 3.61. The van der Waals surface area contributed by atoms with Crippen molar-refractivity contribution >= 4 is 34.2 Å². The first-order chi connectivity index (χ1) is 17.2. The first kappa shape index (κ1) is 23.0. The maximum Gasteiger partial charge on any atom is 0.173 e. The monoisotopic (exact) mass is 494 g/mol. The van der Waals surface area contributed by atoms with Crippen LogP contribution in [-0.4, -0.2) is 21.5 Å². The van der Waals surface area contributed by atoms with Crippen LogP contribution in [0.15, 0.2) is 104 Å². The largest absolute Gasteiger partial charge is 0.293 e. The van der Waals surface area contributed by atoms with Crippen molar-refractivity contribution in [1.82, 2.24) is 9.97 Å². The molecule has 4 aromatic heterocycles. The number of hydrogen-bond acceptors (Lipinski definition) is 6. The van der Waals surface area contributed by atoms with Gasteiger partial charge in [0, 0.05) is 47.4 Å². The van der Waals surface area contributed by atoms with Gasteiger partial charge in [-0.3, -0.25) is 19.6 Å². The van der Waals surface area contributed by atoms with Gasteiger partial charge in [0.1, 0.15) is 0 Å². The van der Waals surface area contributed by atoms with Crippen LogP contribution in [0, 0.1) is 0 Å². The number of thiophene rings is 2. The van der Waals surface area contributed by atoms with Crippen LogP contribution >= 0.6 is 22.7 Å². The molecule has 4 nitrogen and oxygen atoms in total. The topological polar surface area (TPSA) is 59.9 Å². The maximum absolute atomic E-state index is 13.3. The molecular weight excluding hydrogens is 472 g/mol. The van der Waals surface area contributed by atoms with Crippen molar-refractivity contribution in [3.05, 3.63) is 119 Å². The van der Waals surface area contributed by atoms with Gasteiger partial charge in [-0.05, 0) is 71.1 Å². The summed E-state index contributed by atoms with van der Waals surface area (Å²) in [5.74, 6) is -0.0737. The summed E-state index contributed by atoms with van der Waals surface area (Å²) in [6, 6.07) is 25.3. The lowest BCUT2D eigenvalue weighted by Crippen LogP contribution is -2.11. The van der Waals surface area contributed by atoms with Crippen LogP contribution < -0.4 is 0 Å². The number of nitrogens with zero attached hydrogens (tertiary/aromatic N) is 2. The zero-order valence-corrected chi connectivity index (χ0v) is 20.5. The zero-order valence-electron chi connectivity index (χ0n) is 18.8. The molecule has 5 rings (SSSR count). The van der Waals surface area contributed by atoms with Crippen molar-refractivity contribution in [3.63, 3.8) is 0 Å². The maximum atomic E-state index is 13.3. The second-order valence-corrected chi connectivity index (χ2v) is 10.3. The molecule has 0 atom stereocenters. The first-order valence-electron chi connectivity index (χ1n) is 11.3. The molecule has 4 heterocycles. The summed E-state index contributed by atoms with van der Waals surface area (Å²) >= 11 is 2.96. The van der Waals surface area contributed by atoms with E-state index in [0.29, 0.717) is 9.75 Å². The summed E-state index contributed by atoms with van der Waals surface area (Å²) in [5, 5.41) is 0. The SMILES string of the molecule is O=C(CC(CC(=O)c1ccc(-c2ccncc2)s1)c1ccccc1)c1ccc(-c2ccncc2)s1. The van der Waals surface area contributed by atoms with Crippen LogP contribution in [-0.2, 0) is 0 Å². The highest BCUT2D eigenvalue weighted by molar-refractivity contribution is 7.17. The third kappa shape index (κ3) is 5.50. The molecule has 0 spiro atoms. The van der Waals surface area contributed by atoms with Gasteiger partial charge in [-0.15, -0.1) is 22.7 Å². The van der Waals surface area contributed by atoms with Crippen molar-refractivity contribution in [1.29, 1.82) is 0 Å². The number of rotatable bonds is 9. The van der Waals surface area contributed by atoms with Crippen molar-refractivity contribution in [3.8, 4) is 20.9 Å². The number of benzene rings is 1. The van der Waals surface area contributed by atoms with E-state index in [2.05, 4.69) is 9.97 Å². The predicted octanol–water partition coefficient (Wildman–Crippen LogP) is 7.56. The molecule has 0 N–H and O–H groups in total. The summed E-state index contributed by atoms with van der Waals surface area (Å²) in [5.41, 5.74) is 3.09. The van der Waals surface area contributed by atoms with E-state index in [-0.39, 0.29) is 30.3 Å². The molecule has 5 aromatic rings. The smallest absolute Gasteiger partial charge is 0.173 e. The fourth-order valence-corrected chi connectivity index (χ4v) is 5.92. The number of Topliss-reactive ketones (excluding diaryl/α,β-unsaturated/α-hetero) is 2. The van der Waals surface area contributed by atoms with Gasteiger partial charge in [-0.1, -0.05) is 30.3 Å². The molecule has 0 amide bonds. The van der Waals surface area contributed by atoms with Crippen molar-refractivity contribution in [2.24, 2.45) is 0 Å². The highest BCUT2D eigenvalue weighted by Gasteiger charge is 2.23. The normalized spacial score (nSPS) is 11.0. The number of ketones is 2. The summed E-state index contributed by atoms with van der Waals surface area (Å²) in [4.78, 5) is 38.1. The Hall–Kier alpha value is -3.74. The molecule has 35 heavy (non-hydrogen) atoms.